The minimum atomic E-state index is -0.287. The summed E-state index contributed by atoms with van der Waals surface area (Å²) in [5, 5.41) is 23.0. The number of hydrogen-bond acceptors (Lipinski definition) is 5. The van der Waals surface area contributed by atoms with Crippen molar-refractivity contribution in [3.8, 4) is 22.9 Å². The molecule has 7 heteroatoms. The number of aromatic hydroxyl groups is 1. The molecule has 0 radical (unpaired) electrons. The molecular weight excluding hydrogens is 412 g/mol. The van der Waals surface area contributed by atoms with Gasteiger partial charge in [-0.1, -0.05) is 43.6 Å². The monoisotopic (exact) mass is 434 g/mol. The fourth-order valence-corrected chi connectivity index (χ4v) is 3.62. The number of carbonyl (C=O) groups excluding carboxylic acids is 1. The van der Waals surface area contributed by atoms with Gasteiger partial charge in [-0.2, -0.15) is 5.26 Å². The number of nitrogen functional groups attached to an aromatic ring is 1. The molecule has 158 valence electrons. The zero-order chi connectivity index (χ0) is 22.7. The van der Waals surface area contributed by atoms with Crippen molar-refractivity contribution in [2.45, 2.75) is 33.1 Å². The smallest absolute Gasteiger partial charge is 0.230 e. The molecule has 1 amide bonds. The number of phenols is 1. The SMILES string of the molecule is Cc1cc(O)c(C(C)C)cc1NC(=O)Cc1cc(-c2ccccc2Cl)c(C#N)c(N)n1. The fourth-order valence-electron chi connectivity index (χ4n) is 3.39. The first-order valence-electron chi connectivity index (χ1n) is 9.79. The zero-order valence-corrected chi connectivity index (χ0v) is 18.3. The van der Waals surface area contributed by atoms with E-state index in [1.165, 1.54) is 0 Å². The molecule has 0 aliphatic heterocycles. The van der Waals surface area contributed by atoms with E-state index in [1.54, 1.807) is 36.4 Å². The Balaban J connectivity index is 1.92. The number of rotatable bonds is 5. The number of pyridine rings is 1. The fraction of sp³-hybridized carbons (Fsp3) is 0.208. The molecular formula is C24H23ClN4O2. The van der Waals surface area contributed by atoms with Crippen LogP contribution in [-0.2, 0) is 11.2 Å². The number of carbonyl (C=O) groups is 1. The lowest BCUT2D eigenvalue weighted by atomic mass is 9.98. The molecule has 0 atom stereocenters. The van der Waals surface area contributed by atoms with Crippen LogP contribution in [0.1, 0.15) is 42.1 Å². The van der Waals surface area contributed by atoms with Gasteiger partial charge in [-0.15, -0.1) is 0 Å². The van der Waals surface area contributed by atoms with Crippen molar-refractivity contribution in [3.05, 3.63) is 69.9 Å². The van der Waals surface area contributed by atoms with Crippen LogP contribution in [0.3, 0.4) is 0 Å². The third-order valence-corrected chi connectivity index (χ3v) is 5.32. The number of benzene rings is 2. The molecule has 0 spiro atoms. The van der Waals surface area contributed by atoms with Crippen LogP contribution in [0, 0.1) is 18.3 Å². The standard InChI is InChI=1S/C24H23ClN4O2/c1-13(2)17-11-21(14(3)8-22(17)30)29-23(31)10-15-9-18(19(12-26)24(27)28-15)16-6-4-5-7-20(16)25/h4-9,11,13,30H,10H2,1-3H3,(H2,27,28)(H,29,31). The molecule has 1 aromatic heterocycles. The Bertz CT molecular complexity index is 1200. The topological polar surface area (TPSA) is 112 Å². The minimum absolute atomic E-state index is 0.0370. The van der Waals surface area contributed by atoms with E-state index in [2.05, 4.69) is 16.4 Å². The van der Waals surface area contributed by atoms with Gasteiger partial charge in [-0.05, 0) is 48.2 Å². The third-order valence-electron chi connectivity index (χ3n) is 4.99. The second kappa shape index (κ2) is 9.07. The second-order valence-electron chi connectivity index (χ2n) is 7.62. The Kier molecular flexibility index (Phi) is 6.47. The number of amides is 1. The third kappa shape index (κ3) is 4.79. The van der Waals surface area contributed by atoms with Gasteiger partial charge in [0.15, 0.2) is 0 Å². The van der Waals surface area contributed by atoms with Crippen molar-refractivity contribution >= 4 is 29.0 Å². The van der Waals surface area contributed by atoms with Crippen LogP contribution in [0.2, 0.25) is 5.02 Å². The normalized spacial score (nSPS) is 10.7. The van der Waals surface area contributed by atoms with Crippen LogP contribution < -0.4 is 11.1 Å². The average Bonchev–Trinajstić information content (AvgIpc) is 2.69. The zero-order valence-electron chi connectivity index (χ0n) is 17.5. The van der Waals surface area contributed by atoms with Crippen molar-refractivity contribution < 1.29 is 9.90 Å². The molecule has 2 aromatic carbocycles. The van der Waals surface area contributed by atoms with Gasteiger partial charge in [0.2, 0.25) is 5.91 Å². The molecule has 1 heterocycles. The summed E-state index contributed by atoms with van der Waals surface area (Å²) < 4.78 is 0. The van der Waals surface area contributed by atoms with Crippen molar-refractivity contribution in [2.24, 2.45) is 0 Å². The maximum Gasteiger partial charge on any atom is 0.230 e. The molecule has 0 unspecified atom stereocenters. The first-order valence-corrected chi connectivity index (χ1v) is 10.2. The van der Waals surface area contributed by atoms with Gasteiger partial charge in [0.1, 0.15) is 23.2 Å². The van der Waals surface area contributed by atoms with Crippen molar-refractivity contribution in [2.75, 3.05) is 11.1 Å². The van der Waals surface area contributed by atoms with Crippen molar-refractivity contribution in [1.82, 2.24) is 4.98 Å². The number of halogens is 1. The van der Waals surface area contributed by atoms with Gasteiger partial charge in [0.25, 0.3) is 0 Å². The van der Waals surface area contributed by atoms with E-state index >= 15 is 0 Å². The lowest BCUT2D eigenvalue weighted by molar-refractivity contribution is -0.115. The van der Waals surface area contributed by atoms with Crippen LogP contribution in [-0.4, -0.2) is 16.0 Å². The van der Waals surface area contributed by atoms with Gasteiger partial charge in [0.05, 0.1) is 12.1 Å². The van der Waals surface area contributed by atoms with Gasteiger partial charge >= 0.3 is 0 Å². The van der Waals surface area contributed by atoms with E-state index in [9.17, 15) is 15.2 Å². The average molecular weight is 435 g/mol. The summed E-state index contributed by atoms with van der Waals surface area (Å²) >= 11 is 6.31. The van der Waals surface area contributed by atoms with Gasteiger partial charge in [-0.25, -0.2) is 4.98 Å². The Hall–Kier alpha value is -3.56. The van der Waals surface area contributed by atoms with Crippen LogP contribution in [0.15, 0.2) is 42.5 Å². The van der Waals surface area contributed by atoms with E-state index in [4.69, 9.17) is 17.3 Å². The van der Waals surface area contributed by atoms with Crippen molar-refractivity contribution in [3.63, 3.8) is 0 Å². The Labute approximate surface area is 186 Å². The number of nitrogens with zero attached hydrogens (tertiary/aromatic N) is 2. The maximum absolute atomic E-state index is 12.7. The Morgan fingerprint density at radius 2 is 1.97 bits per heavy atom. The molecule has 31 heavy (non-hydrogen) atoms. The molecule has 3 rings (SSSR count). The largest absolute Gasteiger partial charge is 0.508 e. The van der Waals surface area contributed by atoms with E-state index in [1.807, 2.05) is 26.8 Å². The van der Waals surface area contributed by atoms with E-state index in [0.29, 0.717) is 27.5 Å². The lowest BCUT2D eigenvalue weighted by Crippen LogP contribution is -2.17. The summed E-state index contributed by atoms with van der Waals surface area (Å²) in [6.07, 6.45) is -0.0370. The summed E-state index contributed by atoms with van der Waals surface area (Å²) in [6, 6.07) is 14.3. The highest BCUT2D eigenvalue weighted by Gasteiger charge is 2.17. The number of phenolic OH excluding ortho intramolecular Hbond substituents is 1. The summed E-state index contributed by atoms with van der Waals surface area (Å²) in [5.74, 6) is 0.0710. The van der Waals surface area contributed by atoms with E-state index in [-0.39, 0.29) is 35.4 Å². The quantitative estimate of drug-likeness (QED) is 0.479. The number of aromatic nitrogens is 1. The number of nitrogens with two attached hydrogens (primary N) is 1. The van der Waals surface area contributed by atoms with Gasteiger partial charge < -0.3 is 16.2 Å². The second-order valence-corrected chi connectivity index (χ2v) is 8.03. The molecule has 3 aromatic rings. The molecule has 4 N–H and O–H groups in total. The number of aryl methyl sites for hydroxylation is 1. The maximum atomic E-state index is 12.7. The summed E-state index contributed by atoms with van der Waals surface area (Å²) in [7, 11) is 0. The molecule has 0 bridgehead atoms. The number of nitrogens with one attached hydrogen (secondary N) is 1. The van der Waals surface area contributed by atoms with Crippen LogP contribution >= 0.6 is 11.6 Å². The highest BCUT2D eigenvalue weighted by atomic mass is 35.5. The van der Waals surface area contributed by atoms with Gasteiger partial charge in [0, 0.05) is 21.8 Å². The first kappa shape index (κ1) is 22.1. The van der Waals surface area contributed by atoms with Crippen LogP contribution in [0.25, 0.3) is 11.1 Å². The number of anilines is 2. The first-order chi connectivity index (χ1) is 14.7. The summed E-state index contributed by atoms with van der Waals surface area (Å²) in [4.78, 5) is 17.0. The number of hydrogen-bond donors (Lipinski definition) is 3. The lowest BCUT2D eigenvalue weighted by Gasteiger charge is -2.15. The minimum Gasteiger partial charge on any atom is -0.508 e. The molecule has 6 nitrogen and oxygen atoms in total. The summed E-state index contributed by atoms with van der Waals surface area (Å²) in [6.45, 7) is 5.75. The molecule has 0 saturated heterocycles. The predicted molar refractivity (Wildman–Crippen MR) is 123 cm³/mol. The van der Waals surface area contributed by atoms with E-state index < -0.39 is 0 Å². The predicted octanol–water partition coefficient (Wildman–Crippen LogP) is 5.17. The Morgan fingerprint density at radius 3 is 2.61 bits per heavy atom. The van der Waals surface area contributed by atoms with Gasteiger partial charge in [-0.3, -0.25) is 4.79 Å². The number of nitriles is 1. The molecule has 0 fully saturated rings. The van der Waals surface area contributed by atoms with Crippen molar-refractivity contribution in [1.29, 1.82) is 5.26 Å². The van der Waals surface area contributed by atoms with Crippen LogP contribution in [0.4, 0.5) is 11.5 Å². The molecule has 0 saturated carbocycles. The summed E-state index contributed by atoms with van der Waals surface area (Å²) in [5.41, 5.74) is 9.95. The van der Waals surface area contributed by atoms with Crippen LogP contribution in [0.5, 0.6) is 5.75 Å². The Morgan fingerprint density at radius 1 is 1.26 bits per heavy atom. The highest BCUT2D eigenvalue weighted by molar-refractivity contribution is 6.33. The van der Waals surface area contributed by atoms with E-state index in [0.717, 1.165) is 11.1 Å². The molecule has 0 aliphatic carbocycles. The molecule has 0 aliphatic rings. The highest BCUT2D eigenvalue weighted by Crippen LogP contribution is 2.33.